The molecule has 0 bridgehead atoms. The van der Waals surface area contributed by atoms with Crippen LogP contribution in [0.25, 0.3) is 20.2 Å². The number of fused-ring (bicyclic) bond motifs is 2. The number of nitrogens with one attached hydrogen (secondary N) is 1. The number of amides is 3. The first-order chi connectivity index (χ1) is 16.4. The molecule has 1 N–H and O–H groups in total. The Labute approximate surface area is 201 Å². The molecule has 1 heterocycles. The maximum atomic E-state index is 13.1. The highest BCUT2D eigenvalue weighted by Gasteiger charge is 2.18. The molecule has 0 atom stereocenters. The van der Waals surface area contributed by atoms with Gasteiger partial charge in [-0.15, -0.1) is 11.3 Å². The van der Waals surface area contributed by atoms with Crippen LogP contribution in [0.2, 0.25) is 0 Å². The monoisotopic (exact) mass is 475 g/mol. The summed E-state index contributed by atoms with van der Waals surface area (Å²) in [5, 5.41) is 3.77. The summed E-state index contributed by atoms with van der Waals surface area (Å²) in [6.45, 7) is 11.3. The number of carbonyl (C=O) groups is 3. The third kappa shape index (κ3) is 5.47. The van der Waals surface area contributed by atoms with Crippen LogP contribution in [-0.2, 0) is 14.4 Å². The number of nitrogens with zero attached hydrogens (tertiary/aromatic N) is 2. The van der Waals surface area contributed by atoms with Crippen molar-refractivity contribution in [3.8, 4) is 0 Å². The summed E-state index contributed by atoms with van der Waals surface area (Å²) in [7, 11) is 0. The van der Waals surface area contributed by atoms with E-state index >= 15 is 0 Å². The molecule has 0 aliphatic heterocycles. The fourth-order valence-corrected chi connectivity index (χ4v) is 4.56. The third-order valence-electron chi connectivity index (χ3n) is 5.26. The molecule has 0 fully saturated rings. The largest absolute Gasteiger partial charge is 0.351 e. The normalized spacial score (nSPS) is 10.5. The predicted molar refractivity (Wildman–Crippen MR) is 138 cm³/mol. The summed E-state index contributed by atoms with van der Waals surface area (Å²) in [6, 6.07) is 12.7. The summed E-state index contributed by atoms with van der Waals surface area (Å²) in [5.41, 5.74) is 0.432. The van der Waals surface area contributed by atoms with E-state index in [1.807, 2.05) is 24.3 Å². The lowest BCUT2D eigenvalue weighted by atomic mass is 10.1. The number of benzene rings is 2. The van der Waals surface area contributed by atoms with E-state index < -0.39 is 0 Å². The molecule has 0 saturated heterocycles. The Hall–Kier alpha value is -4.04. The van der Waals surface area contributed by atoms with Gasteiger partial charge in [0.25, 0.3) is 0 Å². The van der Waals surface area contributed by atoms with Crippen LogP contribution in [0.5, 0.6) is 0 Å². The van der Waals surface area contributed by atoms with Crippen molar-refractivity contribution in [2.45, 2.75) is 0 Å². The van der Waals surface area contributed by atoms with Crippen molar-refractivity contribution in [2.24, 2.45) is 0 Å². The summed E-state index contributed by atoms with van der Waals surface area (Å²) >= 11 is 1.51. The molecule has 3 amide bonds. The van der Waals surface area contributed by atoms with Gasteiger partial charge in [0, 0.05) is 52.0 Å². The van der Waals surface area contributed by atoms with Gasteiger partial charge < -0.3 is 15.1 Å². The van der Waals surface area contributed by atoms with Crippen molar-refractivity contribution < 1.29 is 14.4 Å². The van der Waals surface area contributed by atoms with E-state index in [0.717, 1.165) is 15.5 Å². The highest BCUT2D eigenvalue weighted by Crippen LogP contribution is 2.28. The van der Waals surface area contributed by atoms with Crippen LogP contribution in [0, 0.1) is 0 Å². The maximum Gasteiger partial charge on any atom is 0.250 e. The van der Waals surface area contributed by atoms with Crippen molar-refractivity contribution >= 4 is 54.9 Å². The molecule has 0 aliphatic rings. The predicted octanol–water partition coefficient (Wildman–Crippen LogP) is 3.25. The van der Waals surface area contributed by atoms with Gasteiger partial charge >= 0.3 is 0 Å². The quantitative estimate of drug-likeness (QED) is 0.360. The van der Waals surface area contributed by atoms with E-state index in [1.165, 1.54) is 33.3 Å². The molecule has 0 unspecified atom stereocenters. The molecule has 2 aromatic carbocycles. The topological polar surface area (TPSA) is 86.8 Å². The van der Waals surface area contributed by atoms with Gasteiger partial charge in [0.05, 0.1) is 0 Å². The molecule has 0 aliphatic carbocycles. The van der Waals surface area contributed by atoms with Crippen molar-refractivity contribution in [3.05, 3.63) is 90.7 Å². The van der Waals surface area contributed by atoms with E-state index in [-0.39, 0.29) is 49.3 Å². The zero-order valence-electron chi connectivity index (χ0n) is 18.7. The Morgan fingerprint density at radius 2 is 1.56 bits per heavy atom. The van der Waals surface area contributed by atoms with Crippen LogP contribution in [0.4, 0.5) is 5.69 Å². The second kappa shape index (κ2) is 11.2. The number of anilines is 1. The van der Waals surface area contributed by atoms with Gasteiger partial charge in [0.2, 0.25) is 17.7 Å². The van der Waals surface area contributed by atoms with E-state index in [2.05, 4.69) is 25.1 Å². The highest BCUT2D eigenvalue weighted by atomic mass is 32.1. The van der Waals surface area contributed by atoms with Gasteiger partial charge in [0.1, 0.15) is 0 Å². The fraction of sp³-hybridized carbons (Fsp3) is 0.154. The van der Waals surface area contributed by atoms with Crippen molar-refractivity contribution in [1.29, 1.82) is 0 Å². The van der Waals surface area contributed by atoms with E-state index in [4.69, 9.17) is 0 Å². The minimum atomic E-state index is -0.359. The van der Waals surface area contributed by atoms with E-state index in [9.17, 15) is 19.2 Å². The lowest BCUT2D eigenvalue weighted by Crippen LogP contribution is -2.43. The Kier molecular flexibility index (Phi) is 8.10. The van der Waals surface area contributed by atoms with Crippen LogP contribution < -0.4 is 15.6 Å². The molecule has 0 saturated carbocycles. The first-order valence-corrected chi connectivity index (χ1v) is 11.4. The lowest BCUT2D eigenvalue weighted by molar-refractivity contribution is -0.126. The second-order valence-electron chi connectivity index (χ2n) is 7.33. The van der Waals surface area contributed by atoms with Crippen LogP contribution in [0.1, 0.15) is 0 Å². The van der Waals surface area contributed by atoms with Crippen molar-refractivity contribution in [3.63, 3.8) is 0 Å². The number of hydrogen-bond acceptors (Lipinski definition) is 5. The number of carbonyl (C=O) groups excluding carboxylic acids is 3. The molecule has 34 heavy (non-hydrogen) atoms. The van der Waals surface area contributed by atoms with Crippen molar-refractivity contribution in [1.82, 2.24) is 10.2 Å². The summed E-state index contributed by atoms with van der Waals surface area (Å²) in [6.07, 6.45) is 3.52. The first kappa shape index (κ1) is 24.6. The summed E-state index contributed by atoms with van der Waals surface area (Å²) in [5.74, 6) is -1.03. The van der Waals surface area contributed by atoms with Gasteiger partial charge in [-0.25, -0.2) is 0 Å². The smallest absolute Gasteiger partial charge is 0.250 e. The Bertz CT molecular complexity index is 1340. The molecule has 3 rings (SSSR count). The highest BCUT2D eigenvalue weighted by molar-refractivity contribution is 7.24. The minimum Gasteiger partial charge on any atom is -0.351 e. The maximum absolute atomic E-state index is 13.1. The molecule has 174 valence electrons. The Balaban J connectivity index is 1.89. The molecule has 0 radical (unpaired) electrons. The number of hydrogen-bond donors (Lipinski definition) is 1. The molecule has 7 nitrogen and oxygen atoms in total. The molecule has 1 aromatic heterocycles. The number of rotatable bonds is 10. The molecule has 0 spiro atoms. The fourth-order valence-electron chi connectivity index (χ4n) is 3.50. The average Bonchev–Trinajstić information content (AvgIpc) is 2.87. The molecular weight excluding hydrogens is 450 g/mol. The van der Waals surface area contributed by atoms with Crippen LogP contribution >= 0.6 is 11.3 Å². The molecular formula is C26H25N3O4S. The minimum absolute atomic E-state index is 0.0985. The zero-order chi connectivity index (χ0) is 24.7. The van der Waals surface area contributed by atoms with E-state index in [0.29, 0.717) is 16.5 Å². The Morgan fingerprint density at radius 3 is 2.26 bits per heavy atom. The van der Waals surface area contributed by atoms with E-state index in [1.54, 1.807) is 18.2 Å². The first-order valence-electron chi connectivity index (χ1n) is 10.6. The van der Waals surface area contributed by atoms with Gasteiger partial charge in [-0.2, -0.15) is 0 Å². The molecule has 8 heteroatoms. The zero-order valence-corrected chi connectivity index (χ0v) is 19.5. The standard InChI is InChI=1S/C26H25N3O4S/c1-4-23(30)27-13-14-28(24(31)5-2)15-16-29(25(32)6-3)18-11-12-22-20(17-18)26(33)19-9-7-8-10-21(19)34-22/h4-12,17H,1-3,13-16H2,(H,27,30). The van der Waals surface area contributed by atoms with Gasteiger partial charge in [-0.3, -0.25) is 19.2 Å². The van der Waals surface area contributed by atoms with Gasteiger partial charge in [0.15, 0.2) is 5.43 Å². The SMILES string of the molecule is C=CC(=O)NCCN(CCN(C(=O)C=C)c1ccc2sc3ccccc3c(=O)c2c1)C(=O)C=C. The van der Waals surface area contributed by atoms with Gasteiger partial charge in [-0.05, 0) is 48.6 Å². The van der Waals surface area contributed by atoms with Crippen LogP contribution in [-0.4, -0.2) is 48.8 Å². The summed E-state index contributed by atoms with van der Waals surface area (Å²) < 4.78 is 1.72. The molecule has 3 aromatic rings. The van der Waals surface area contributed by atoms with Gasteiger partial charge in [-0.1, -0.05) is 31.9 Å². The lowest BCUT2D eigenvalue weighted by Gasteiger charge is -2.27. The van der Waals surface area contributed by atoms with Crippen molar-refractivity contribution in [2.75, 3.05) is 31.1 Å². The van der Waals surface area contributed by atoms with Crippen LogP contribution in [0.3, 0.4) is 0 Å². The third-order valence-corrected chi connectivity index (χ3v) is 6.41. The van der Waals surface area contributed by atoms with Crippen LogP contribution in [0.15, 0.2) is 85.2 Å². The second-order valence-corrected chi connectivity index (χ2v) is 8.41. The summed E-state index contributed by atoms with van der Waals surface area (Å²) in [4.78, 5) is 52.4. The average molecular weight is 476 g/mol. The Morgan fingerprint density at radius 1 is 0.853 bits per heavy atom.